The molecule has 4 atom stereocenters. The molecule has 0 bridgehead atoms. The number of hydrogen-bond acceptors (Lipinski definition) is 7. The Morgan fingerprint density at radius 1 is 0.806 bits per heavy atom. The molecule has 0 saturated heterocycles. The van der Waals surface area contributed by atoms with E-state index in [9.17, 15) is 25.2 Å². The van der Waals surface area contributed by atoms with E-state index in [1.54, 1.807) is 12.1 Å². The van der Waals surface area contributed by atoms with Gasteiger partial charge in [0.2, 0.25) is 0 Å². The molecule has 0 saturated carbocycles. The molecule has 0 aliphatic rings. The number of carbonyl (C=O) groups is 1. The summed E-state index contributed by atoms with van der Waals surface area (Å²) in [5.74, 6) is -0.655. The molecule has 0 amide bonds. The molecule has 31 heavy (non-hydrogen) atoms. The Morgan fingerprint density at radius 2 is 1.32 bits per heavy atom. The molecule has 0 aromatic heterocycles. The maximum atomic E-state index is 12.1. The molecule has 0 aliphatic heterocycles. The van der Waals surface area contributed by atoms with Crippen LogP contribution < -0.4 is 0 Å². The van der Waals surface area contributed by atoms with E-state index in [2.05, 4.69) is 6.92 Å². The van der Waals surface area contributed by atoms with Crippen molar-refractivity contribution in [1.82, 2.24) is 0 Å². The summed E-state index contributed by atoms with van der Waals surface area (Å²) in [6, 6.07) is 7.10. The van der Waals surface area contributed by atoms with Gasteiger partial charge in [-0.1, -0.05) is 70.4 Å². The molecule has 0 unspecified atom stereocenters. The zero-order chi connectivity index (χ0) is 23.1. The van der Waals surface area contributed by atoms with Gasteiger partial charge in [0, 0.05) is 0 Å². The Kier molecular flexibility index (Phi) is 14.4. The van der Waals surface area contributed by atoms with Gasteiger partial charge in [-0.2, -0.15) is 0 Å². The zero-order valence-corrected chi connectivity index (χ0v) is 18.7. The number of hydrogen-bond donors (Lipinski definition) is 5. The van der Waals surface area contributed by atoms with Crippen LogP contribution in [0, 0.1) is 0 Å². The second-order valence-electron chi connectivity index (χ2n) is 8.17. The lowest BCUT2D eigenvalue weighted by Gasteiger charge is -2.25. The maximum Gasteiger partial charge on any atom is 0.338 e. The molecule has 7 heteroatoms. The molecule has 0 fully saturated rings. The lowest BCUT2D eigenvalue weighted by atomic mass is 10.0. The predicted octanol–water partition coefficient (Wildman–Crippen LogP) is 2.35. The van der Waals surface area contributed by atoms with Crippen molar-refractivity contribution in [3.63, 3.8) is 0 Å². The summed E-state index contributed by atoms with van der Waals surface area (Å²) in [6.07, 6.45) is 5.76. The minimum absolute atomic E-state index is 0.327. The Bertz CT molecular complexity index is 590. The van der Waals surface area contributed by atoms with E-state index in [1.807, 2.05) is 12.1 Å². The quantitative estimate of drug-likeness (QED) is 0.186. The normalized spacial score (nSPS) is 15.3. The first-order chi connectivity index (χ1) is 14.9. The van der Waals surface area contributed by atoms with E-state index in [-0.39, 0.29) is 0 Å². The van der Waals surface area contributed by atoms with Crippen molar-refractivity contribution in [1.29, 1.82) is 0 Å². The molecule has 1 aromatic carbocycles. The Hall–Kier alpha value is -1.51. The third kappa shape index (κ3) is 11.1. The standard InChI is InChI=1S/C24H40O7/c1-2-3-4-5-6-7-8-9-10-11-18-12-14-19(15-13-18)24(30)31-17-21(27)23(29)22(28)20(26)16-25/h12-15,20-23,25-29H,2-11,16-17H2,1H3/t20-,21+,22+,23+/m0/s1. The SMILES string of the molecule is CCCCCCCCCCCc1ccc(C(=O)OC[C@@H](O)[C@@H](O)[C@H](O)[C@@H](O)CO)cc1. The Morgan fingerprint density at radius 3 is 1.87 bits per heavy atom. The van der Waals surface area contributed by atoms with E-state index in [1.165, 1.54) is 51.4 Å². The highest BCUT2D eigenvalue weighted by molar-refractivity contribution is 5.89. The lowest BCUT2D eigenvalue weighted by molar-refractivity contribution is -0.124. The molecule has 7 nitrogen and oxygen atoms in total. The number of esters is 1. The second kappa shape index (κ2) is 16.2. The average Bonchev–Trinajstić information content (AvgIpc) is 2.80. The highest BCUT2D eigenvalue weighted by atomic mass is 16.5. The van der Waals surface area contributed by atoms with Crippen LogP contribution >= 0.6 is 0 Å². The highest BCUT2D eigenvalue weighted by Gasteiger charge is 2.30. The molecule has 0 aliphatic carbocycles. The molecule has 5 N–H and O–H groups in total. The van der Waals surface area contributed by atoms with E-state index in [0.29, 0.717) is 5.56 Å². The molecule has 1 rings (SSSR count). The first-order valence-corrected chi connectivity index (χ1v) is 11.5. The van der Waals surface area contributed by atoms with Gasteiger partial charge in [0.1, 0.15) is 31.0 Å². The number of aliphatic hydroxyl groups excluding tert-OH is 5. The van der Waals surface area contributed by atoms with Gasteiger partial charge < -0.3 is 30.3 Å². The van der Waals surface area contributed by atoms with Crippen LogP contribution in [-0.4, -0.2) is 69.1 Å². The fourth-order valence-electron chi connectivity index (χ4n) is 3.35. The summed E-state index contributed by atoms with van der Waals surface area (Å²) in [5, 5.41) is 47.2. The van der Waals surface area contributed by atoms with Gasteiger partial charge in [0.25, 0.3) is 0 Å². The van der Waals surface area contributed by atoms with Crippen molar-refractivity contribution in [2.45, 2.75) is 95.5 Å². The largest absolute Gasteiger partial charge is 0.459 e. The summed E-state index contributed by atoms with van der Waals surface area (Å²) in [6.45, 7) is 0.915. The van der Waals surface area contributed by atoms with Gasteiger partial charge in [-0.15, -0.1) is 0 Å². The van der Waals surface area contributed by atoms with Crippen LogP contribution in [0.3, 0.4) is 0 Å². The van der Waals surface area contributed by atoms with Crippen molar-refractivity contribution < 1.29 is 35.1 Å². The van der Waals surface area contributed by atoms with Gasteiger partial charge in [-0.3, -0.25) is 0 Å². The first-order valence-electron chi connectivity index (χ1n) is 11.5. The van der Waals surface area contributed by atoms with E-state index in [0.717, 1.165) is 18.4 Å². The van der Waals surface area contributed by atoms with Crippen LogP contribution in [0.1, 0.15) is 80.6 Å². The summed E-state index contributed by atoms with van der Waals surface area (Å²) in [4.78, 5) is 12.1. The van der Waals surface area contributed by atoms with Crippen LogP contribution in [-0.2, 0) is 11.2 Å². The minimum Gasteiger partial charge on any atom is -0.459 e. The minimum atomic E-state index is -1.76. The molecule has 0 radical (unpaired) electrons. The highest BCUT2D eigenvalue weighted by Crippen LogP contribution is 2.13. The predicted molar refractivity (Wildman–Crippen MR) is 119 cm³/mol. The third-order valence-corrected chi connectivity index (χ3v) is 5.47. The molecular formula is C24H40O7. The van der Waals surface area contributed by atoms with E-state index in [4.69, 9.17) is 9.84 Å². The monoisotopic (exact) mass is 440 g/mol. The second-order valence-corrected chi connectivity index (χ2v) is 8.17. The third-order valence-electron chi connectivity index (χ3n) is 5.47. The molecule has 0 spiro atoms. The number of benzene rings is 1. The number of aliphatic hydroxyl groups is 5. The Balaban J connectivity index is 2.27. The zero-order valence-electron chi connectivity index (χ0n) is 18.7. The van der Waals surface area contributed by atoms with Gasteiger partial charge >= 0.3 is 5.97 Å². The van der Waals surface area contributed by atoms with Crippen molar-refractivity contribution >= 4 is 5.97 Å². The number of unbranched alkanes of at least 4 members (excludes halogenated alkanes) is 8. The topological polar surface area (TPSA) is 127 Å². The number of aryl methyl sites for hydroxylation is 1. The van der Waals surface area contributed by atoms with Crippen LogP contribution in [0.2, 0.25) is 0 Å². The molecule has 178 valence electrons. The van der Waals surface area contributed by atoms with Gasteiger partial charge in [-0.25, -0.2) is 4.79 Å². The van der Waals surface area contributed by atoms with Crippen LogP contribution in [0.5, 0.6) is 0 Å². The summed E-state index contributed by atoms with van der Waals surface area (Å²) >= 11 is 0. The van der Waals surface area contributed by atoms with Crippen molar-refractivity contribution in [3.8, 4) is 0 Å². The van der Waals surface area contributed by atoms with E-state index >= 15 is 0 Å². The fourth-order valence-corrected chi connectivity index (χ4v) is 3.35. The van der Waals surface area contributed by atoms with Crippen molar-refractivity contribution in [2.75, 3.05) is 13.2 Å². The average molecular weight is 441 g/mol. The summed E-state index contributed by atoms with van der Waals surface area (Å²) in [5.41, 5.74) is 1.48. The van der Waals surface area contributed by atoms with Gasteiger partial charge in [0.15, 0.2) is 0 Å². The molecule has 1 aromatic rings. The number of rotatable bonds is 17. The summed E-state index contributed by atoms with van der Waals surface area (Å²) in [7, 11) is 0. The number of carbonyl (C=O) groups excluding carboxylic acids is 1. The molecular weight excluding hydrogens is 400 g/mol. The van der Waals surface area contributed by atoms with Crippen molar-refractivity contribution in [2.24, 2.45) is 0 Å². The lowest BCUT2D eigenvalue weighted by Crippen LogP contribution is -2.47. The first kappa shape index (κ1) is 27.5. The number of ether oxygens (including phenoxy) is 1. The van der Waals surface area contributed by atoms with Crippen LogP contribution in [0.4, 0.5) is 0 Å². The Labute approximate surface area is 185 Å². The smallest absolute Gasteiger partial charge is 0.338 e. The van der Waals surface area contributed by atoms with Crippen LogP contribution in [0.15, 0.2) is 24.3 Å². The molecule has 0 heterocycles. The maximum absolute atomic E-state index is 12.1. The van der Waals surface area contributed by atoms with E-state index < -0.39 is 43.6 Å². The fraction of sp³-hybridized carbons (Fsp3) is 0.708. The summed E-state index contributed by atoms with van der Waals surface area (Å²) < 4.78 is 4.97. The van der Waals surface area contributed by atoms with Gasteiger partial charge in [0.05, 0.1) is 12.2 Å². The van der Waals surface area contributed by atoms with Crippen LogP contribution in [0.25, 0.3) is 0 Å². The van der Waals surface area contributed by atoms with Gasteiger partial charge in [-0.05, 0) is 30.5 Å². The van der Waals surface area contributed by atoms with Crippen molar-refractivity contribution in [3.05, 3.63) is 35.4 Å².